The molecule has 0 aliphatic carbocycles. The van der Waals surface area contributed by atoms with Crippen LogP contribution in [0.1, 0.15) is 12.0 Å². The minimum atomic E-state index is -0.659. The van der Waals surface area contributed by atoms with Crippen LogP contribution in [0.4, 0.5) is 10.1 Å². The average molecular weight is 341 g/mol. The summed E-state index contributed by atoms with van der Waals surface area (Å²) in [7, 11) is 0. The average Bonchev–Trinajstić information content (AvgIpc) is 2.64. The highest BCUT2D eigenvalue weighted by molar-refractivity contribution is 6.06. The number of halogens is 1. The van der Waals surface area contributed by atoms with Gasteiger partial charge in [-0.3, -0.25) is 9.59 Å². The molecule has 2 amide bonds. The normalized spacial score (nSPS) is 17.8. The lowest BCUT2D eigenvalue weighted by Crippen LogP contribution is -2.65. The number of rotatable bonds is 6. The highest BCUT2D eigenvalue weighted by atomic mass is 19.1. The number of anilines is 1. The Morgan fingerprint density at radius 3 is 2.52 bits per heavy atom. The van der Waals surface area contributed by atoms with Crippen molar-refractivity contribution in [1.29, 1.82) is 0 Å². The van der Waals surface area contributed by atoms with E-state index in [1.54, 1.807) is 0 Å². The summed E-state index contributed by atoms with van der Waals surface area (Å²) in [5.41, 5.74) is 7.66. The summed E-state index contributed by atoms with van der Waals surface area (Å²) in [5, 5.41) is 2.68. The first-order valence-corrected chi connectivity index (χ1v) is 8.21. The molecule has 1 fully saturated rings. The monoisotopic (exact) mass is 341 g/mol. The van der Waals surface area contributed by atoms with Gasteiger partial charge in [0, 0.05) is 5.69 Å². The number of hydrogen-bond donors (Lipinski definition) is 2. The van der Waals surface area contributed by atoms with Gasteiger partial charge in [-0.25, -0.2) is 4.39 Å². The van der Waals surface area contributed by atoms with Crippen molar-refractivity contribution in [3.63, 3.8) is 0 Å². The van der Waals surface area contributed by atoms with Crippen molar-refractivity contribution >= 4 is 17.5 Å². The summed E-state index contributed by atoms with van der Waals surface area (Å²) in [6.07, 6.45) is 1.22. The lowest BCUT2D eigenvalue weighted by molar-refractivity contribution is -0.131. The van der Waals surface area contributed by atoms with Crippen LogP contribution < -0.4 is 16.0 Å². The SMILES string of the molecule is NC(CCc1ccccc1)C(=O)NC1CN(c2ccc(F)cc2)C1=O. The van der Waals surface area contributed by atoms with Gasteiger partial charge in [0.15, 0.2) is 0 Å². The second-order valence-corrected chi connectivity index (χ2v) is 6.12. The van der Waals surface area contributed by atoms with Gasteiger partial charge in [-0.05, 0) is 42.7 Å². The molecule has 0 bridgehead atoms. The fraction of sp³-hybridized carbons (Fsp3) is 0.263. The zero-order valence-electron chi connectivity index (χ0n) is 13.7. The molecule has 1 aliphatic rings. The number of benzene rings is 2. The van der Waals surface area contributed by atoms with Gasteiger partial charge in [0.05, 0.1) is 12.6 Å². The third-order valence-corrected chi connectivity index (χ3v) is 4.31. The van der Waals surface area contributed by atoms with Crippen LogP contribution >= 0.6 is 0 Å². The molecule has 3 N–H and O–H groups in total. The maximum Gasteiger partial charge on any atom is 0.251 e. The van der Waals surface area contributed by atoms with E-state index in [-0.39, 0.29) is 17.6 Å². The van der Waals surface area contributed by atoms with Crippen molar-refractivity contribution in [2.45, 2.75) is 24.9 Å². The minimum absolute atomic E-state index is 0.213. The molecular weight excluding hydrogens is 321 g/mol. The van der Waals surface area contributed by atoms with Crippen LogP contribution in [-0.2, 0) is 16.0 Å². The van der Waals surface area contributed by atoms with Crippen molar-refractivity contribution in [3.8, 4) is 0 Å². The minimum Gasteiger partial charge on any atom is -0.341 e. The van der Waals surface area contributed by atoms with Crippen molar-refractivity contribution in [2.75, 3.05) is 11.4 Å². The van der Waals surface area contributed by atoms with Gasteiger partial charge in [-0.2, -0.15) is 0 Å². The second kappa shape index (κ2) is 7.44. The number of nitrogens with one attached hydrogen (secondary N) is 1. The summed E-state index contributed by atoms with van der Waals surface area (Å²) >= 11 is 0. The number of hydrogen-bond acceptors (Lipinski definition) is 3. The summed E-state index contributed by atoms with van der Waals surface area (Å²) < 4.78 is 12.9. The molecular formula is C19H20FN3O2. The Morgan fingerprint density at radius 2 is 1.88 bits per heavy atom. The van der Waals surface area contributed by atoms with Gasteiger partial charge in [0.25, 0.3) is 5.91 Å². The number of carbonyl (C=O) groups excluding carboxylic acids is 2. The third-order valence-electron chi connectivity index (χ3n) is 4.31. The van der Waals surface area contributed by atoms with E-state index in [0.29, 0.717) is 25.1 Å². The largest absolute Gasteiger partial charge is 0.341 e. The smallest absolute Gasteiger partial charge is 0.251 e. The Morgan fingerprint density at radius 1 is 1.20 bits per heavy atom. The molecule has 2 aromatic carbocycles. The fourth-order valence-corrected chi connectivity index (χ4v) is 2.76. The van der Waals surface area contributed by atoms with Crippen molar-refractivity contribution in [2.24, 2.45) is 5.73 Å². The molecule has 130 valence electrons. The molecule has 2 aromatic rings. The van der Waals surface area contributed by atoms with Gasteiger partial charge in [-0.1, -0.05) is 30.3 Å². The Balaban J connectivity index is 1.47. The van der Waals surface area contributed by atoms with Crippen molar-refractivity contribution < 1.29 is 14.0 Å². The standard InChI is InChI=1S/C19H20FN3O2/c20-14-7-9-15(10-8-14)23-12-17(19(23)25)22-18(24)16(21)11-6-13-4-2-1-3-5-13/h1-5,7-10,16-17H,6,11-12,21H2,(H,22,24). The molecule has 0 saturated carbocycles. The van der Waals surface area contributed by atoms with Crippen molar-refractivity contribution in [1.82, 2.24) is 5.32 Å². The van der Waals surface area contributed by atoms with Gasteiger partial charge in [0.1, 0.15) is 11.9 Å². The van der Waals surface area contributed by atoms with E-state index in [4.69, 9.17) is 5.73 Å². The fourth-order valence-electron chi connectivity index (χ4n) is 2.76. The highest BCUT2D eigenvalue weighted by Gasteiger charge is 2.39. The van der Waals surface area contributed by atoms with Crippen LogP contribution in [0.5, 0.6) is 0 Å². The van der Waals surface area contributed by atoms with E-state index in [0.717, 1.165) is 5.56 Å². The van der Waals surface area contributed by atoms with Gasteiger partial charge >= 0.3 is 0 Å². The van der Waals surface area contributed by atoms with Crippen LogP contribution in [0.15, 0.2) is 54.6 Å². The second-order valence-electron chi connectivity index (χ2n) is 6.12. The van der Waals surface area contributed by atoms with Gasteiger partial charge < -0.3 is 16.0 Å². The first-order valence-electron chi connectivity index (χ1n) is 8.21. The quantitative estimate of drug-likeness (QED) is 0.784. The molecule has 1 aliphatic heterocycles. The number of aryl methyl sites for hydroxylation is 1. The molecule has 0 spiro atoms. The summed E-state index contributed by atoms with van der Waals surface area (Å²) in [4.78, 5) is 25.8. The first kappa shape index (κ1) is 17.1. The Kier molecular flexibility index (Phi) is 5.09. The number of nitrogens with two attached hydrogens (primary N) is 1. The van der Waals surface area contributed by atoms with Crippen LogP contribution in [0.3, 0.4) is 0 Å². The van der Waals surface area contributed by atoms with E-state index in [9.17, 15) is 14.0 Å². The lowest BCUT2D eigenvalue weighted by Gasteiger charge is -2.39. The molecule has 1 heterocycles. The van der Waals surface area contributed by atoms with Gasteiger partial charge in [0.2, 0.25) is 5.91 Å². The predicted octanol–water partition coefficient (Wildman–Crippen LogP) is 1.62. The van der Waals surface area contributed by atoms with Crippen LogP contribution in [0.25, 0.3) is 0 Å². The van der Waals surface area contributed by atoms with Crippen LogP contribution in [-0.4, -0.2) is 30.4 Å². The van der Waals surface area contributed by atoms with E-state index in [2.05, 4.69) is 5.32 Å². The Labute approximate surface area is 145 Å². The zero-order chi connectivity index (χ0) is 17.8. The topological polar surface area (TPSA) is 75.4 Å². The first-order chi connectivity index (χ1) is 12.0. The molecule has 2 unspecified atom stereocenters. The number of amides is 2. The Hall–Kier alpha value is -2.73. The summed E-state index contributed by atoms with van der Waals surface area (Å²) in [5.74, 6) is -0.894. The van der Waals surface area contributed by atoms with E-state index in [1.165, 1.54) is 29.2 Å². The van der Waals surface area contributed by atoms with E-state index < -0.39 is 12.1 Å². The molecule has 6 heteroatoms. The number of nitrogens with zero attached hydrogens (tertiary/aromatic N) is 1. The highest BCUT2D eigenvalue weighted by Crippen LogP contribution is 2.22. The molecule has 0 radical (unpaired) electrons. The maximum absolute atomic E-state index is 12.9. The molecule has 5 nitrogen and oxygen atoms in total. The molecule has 25 heavy (non-hydrogen) atoms. The third kappa shape index (κ3) is 4.03. The van der Waals surface area contributed by atoms with Gasteiger partial charge in [-0.15, -0.1) is 0 Å². The van der Waals surface area contributed by atoms with Crippen molar-refractivity contribution in [3.05, 3.63) is 66.0 Å². The number of carbonyl (C=O) groups is 2. The molecule has 0 aromatic heterocycles. The molecule has 2 atom stereocenters. The molecule has 3 rings (SSSR count). The van der Waals surface area contributed by atoms with Crippen LogP contribution in [0.2, 0.25) is 0 Å². The zero-order valence-corrected chi connectivity index (χ0v) is 13.7. The van der Waals surface area contributed by atoms with Crippen LogP contribution in [0, 0.1) is 5.82 Å². The predicted molar refractivity (Wildman–Crippen MR) is 93.4 cm³/mol. The van der Waals surface area contributed by atoms with E-state index >= 15 is 0 Å². The summed E-state index contributed by atoms with van der Waals surface area (Å²) in [6, 6.07) is 14.2. The summed E-state index contributed by atoms with van der Waals surface area (Å²) in [6.45, 7) is 0.363. The van der Waals surface area contributed by atoms with E-state index in [1.807, 2.05) is 30.3 Å². The molecule has 1 saturated heterocycles. The Bertz CT molecular complexity index is 749. The lowest BCUT2D eigenvalue weighted by atomic mass is 10.0. The number of β-lactam (4-membered cyclic amide) rings is 1. The maximum atomic E-state index is 12.9.